The van der Waals surface area contributed by atoms with Gasteiger partial charge in [0.1, 0.15) is 17.2 Å². The van der Waals surface area contributed by atoms with Crippen molar-refractivity contribution in [2.24, 2.45) is 5.10 Å². The number of carbonyl (C=O) groups excluding carboxylic acids is 1. The van der Waals surface area contributed by atoms with Crippen LogP contribution in [0.25, 0.3) is 0 Å². The first-order valence-corrected chi connectivity index (χ1v) is 8.05. The molecule has 0 aliphatic heterocycles. The molecule has 0 aromatic heterocycles. The fourth-order valence-electron chi connectivity index (χ4n) is 2.24. The average molecular weight is 346 g/mol. The molecule has 0 spiro atoms. The SMILES string of the molecule is COc1cccc(C(=O)NN=Cc2ccc(Oc3ccccc3)cc2)c1. The van der Waals surface area contributed by atoms with Gasteiger partial charge < -0.3 is 9.47 Å². The van der Waals surface area contributed by atoms with Crippen LogP contribution in [0.4, 0.5) is 0 Å². The Morgan fingerprint density at radius 3 is 2.31 bits per heavy atom. The number of hydrogen-bond acceptors (Lipinski definition) is 4. The molecule has 130 valence electrons. The summed E-state index contributed by atoms with van der Waals surface area (Å²) in [5.41, 5.74) is 3.82. The van der Waals surface area contributed by atoms with Crippen molar-refractivity contribution in [3.05, 3.63) is 90.0 Å². The highest BCUT2D eigenvalue weighted by molar-refractivity contribution is 5.95. The molecule has 0 bridgehead atoms. The number of nitrogens with one attached hydrogen (secondary N) is 1. The van der Waals surface area contributed by atoms with Crippen molar-refractivity contribution in [3.63, 3.8) is 0 Å². The first kappa shape index (κ1) is 17.2. The van der Waals surface area contributed by atoms with Gasteiger partial charge in [0.2, 0.25) is 0 Å². The van der Waals surface area contributed by atoms with Gasteiger partial charge in [0, 0.05) is 5.56 Å². The van der Waals surface area contributed by atoms with Crippen LogP contribution in [0.1, 0.15) is 15.9 Å². The minimum Gasteiger partial charge on any atom is -0.497 e. The van der Waals surface area contributed by atoms with Gasteiger partial charge in [0.15, 0.2) is 0 Å². The molecule has 0 radical (unpaired) electrons. The number of hydrazone groups is 1. The Hall–Kier alpha value is -3.60. The summed E-state index contributed by atoms with van der Waals surface area (Å²) in [6, 6.07) is 23.9. The van der Waals surface area contributed by atoms with Crippen LogP contribution in [0, 0.1) is 0 Å². The Labute approximate surface area is 151 Å². The highest BCUT2D eigenvalue weighted by atomic mass is 16.5. The standard InChI is InChI=1S/C21H18N2O3/c1-25-20-9-5-6-17(14-20)21(24)23-22-15-16-10-12-19(13-11-16)26-18-7-3-2-4-8-18/h2-15H,1H3,(H,23,24). The van der Waals surface area contributed by atoms with E-state index in [0.717, 1.165) is 17.1 Å². The molecule has 26 heavy (non-hydrogen) atoms. The molecule has 0 fully saturated rings. The highest BCUT2D eigenvalue weighted by Crippen LogP contribution is 2.20. The van der Waals surface area contributed by atoms with Gasteiger partial charge in [0.25, 0.3) is 5.91 Å². The molecule has 1 N–H and O–H groups in total. The van der Waals surface area contributed by atoms with Crippen molar-refractivity contribution in [1.29, 1.82) is 0 Å². The van der Waals surface area contributed by atoms with Gasteiger partial charge in [-0.05, 0) is 60.2 Å². The molecule has 0 unspecified atom stereocenters. The lowest BCUT2D eigenvalue weighted by Crippen LogP contribution is -2.17. The van der Waals surface area contributed by atoms with E-state index in [1.54, 1.807) is 37.6 Å². The van der Waals surface area contributed by atoms with Gasteiger partial charge in [-0.2, -0.15) is 5.10 Å². The maximum Gasteiger partial charge on any atom is 0.271 e. The maximum atomic E-state index is 12.1. The van der Waals surface area contributed by atoms with Crippen LogP contribution >= 0.6 is 0 Å². The summed E-state index contributed by atoms with van der Waals surface area (Å²) in [5.74, 6) is 1.83. The lowest BCUT2D eigenvalue weighted by atomic mass is 10.2. The Balaban J connectivity index is 1.57. The van der Waals surface area contributed by atoms with Crippen LogP contribution in [-0.4, -0.2) is 19.2 Å². The highest BCUT2D eigenvalue weighted by Gasteiger charge is 2.05. The average Bonchev–Trinajstić information content (AvgIpc) is 2.70. The largest absolute Gasteiger partial charge is 0.497 e. The van der Waals surface area contributed by atoms with E-state index in [2.05, 4.69) is 10.5 Å². The third kappa shape index (κ3) is 4.70. The topological polar surface area (TPSA) is 59.9 Å². The number of carbonyl (C=O) groups is 1. The fraction of sp³-hybridized carbons (Fsp3) is 0.0476. The van der Waals surface area contributed by atoms with Gasteiger partial charge >= 0.3 is 0 Å². The lowest BCUT2D eigenvalue weighted by Gasteiger charge is -2.05. The Bertz CT molecular complexity index is 891. The first-order chi connectivity index (χ1) is 12.7. The summed E-state index contributed by atoms with van der Waals surface area (Å²) < 4.78 is 10.8. The number of methoxy groups -OCH3 is 1. The van der Waals surface area contributed by atoms with Crippen molar-refractivity contribution in [2.75, 3.05) is 7.11 Å². The van der Waals surface area contributed by atoms with Crippen molar-refractivity contribution in [3.8, 4) is 17.2 Å². The molecular weight excluding hydrogens is 328 g/mol. The second kappa shape index (κ2) is 8.48. The Kier molecular flexibility index (Phi) is 5.62. The number of para-hydroxylation sites is 1. The summed E-state index contributed by atoms with van der Waals surface area (Å²) in [4.78, 5) is 12.1. The maximum absolute atomic E-state index is 12.1. The first-order valence-electron chi connectivity index (χ1n) is 8.05. The van der Waals surface area contributed by atoms with Crippen molar-refractivity contribution in [1.82, 2.24) is 5.43 Å². The minimum absolute atomic E-state index is 0.302. The number of nitrogens with zero attached hydrogens (tertiary/aromatic N) is 1. The molecule has 0 heterocycles. The Morgan fingerprint density at radius 1 is 0.885 bits per heavy atom. The van der Waals surface area contributed by atoms with Crippen LogP contribution in [0.2, 0.25) is 0 Å². The van der Waals surface area contributed by atoms with E-state index in [-0.39, 0.29) is 5.91 Å². The molecule has 0 aliphatic carbocycles. The molecule has 1 amide bonds. The number of benzene rings is 3. The summed E-state index contributed by atoms with van der Waals surface area (Å²) in [6.07, 6.45) is 1.57. The van der Waals surface area contributed by atoms with E-state index in [9.17, 15) is 4.79 Å². The lowest BCUT2D eigenvalue weighted by molar-refractivity contribution is 0.0955. The predicted molar refractivity (Wildman–Crippen MR) is 101 cm³/mol. The molecule has 0 atom stereocenters. The van der Waals surface area contributed by atoms with E-state index in [1.807, 2.05) is 54.6 Å². The molecule has 5 heteroatoms. The van der Waals surface area contributed by atoms with E-state index in [4.69, 9.17) is 9.47 Å². The molecule has 3 aromatic carbocycles. The quantitative estimate of drug-likeness (QED) is 0.536. The summed E-state index contributed by atoms with van der Waals surface area (Å²) in [6.45, 7) is 0. The molecule has 0 saturated heterocycles. The summed E-state index contributed by atoms with van der Waals surface area (Å²) >= 11 is 0. The van der Waals surface area contributed by atoms with E-state index in [0.29, 0.717) is 11.3 Å². The van der Waals surface area contributed by atoms with Crippen LogP contribution in [0.3, 0.4) is 0 Å². The normalized spacial score (nSPS) is 10.5. The van der Waals surface area contributed by atoms with Gasteiger partial charge in [-0.25, -0.2) is 5.43 Å². The summed E-state index contributed by atoms with van der Waals surface area (Å²) in [7, 11) is 1.56. The number of rotatable bonds is 6. The van der Waals surface area contributed by atoms with E-state index < -0.39 is 0 Å². The number of amides is 1. The van der Waals surface area contributed by atoms with E-state index in [1.165, 1.54) is 0 Å². The van der Waals surface area contributed by atoms with Crippen molar-refractivity contribution < 1.29 is 14.3 Å². The molecular formula is C21H18N2O3. The zero-order chi connectivity index (χ0) is 18.2. The number of hydrogen-bond donors (Lipinski definition) is 1. The number of ether oxygens (including phenoxy) is 2. The summed E-state index contributed by atoms with van der Waals surface area (Å²) in [5, 5.41) is 3.98. The van der Waals surface area contributed by atoms with Crippen molar-refractivity contribution >= 4 is 12.1 Å². The molecule has 5 nitrogen and oxygen atoms in total. The van der Waals surface area contributed by atoms with Crippen molar-refractivity contribution in [2.45, 2.75) is 0 Å². The van der Waals surface area contributed by atoms with Gasteiger partial charge in [-0.15, -0.1) is 0 Å². The van der Waals surface area contributed by atoms with Gasteiger partial charge in [-0.3, -0.25) is 4.79 Å². The second-order valence-electron chi connectivity index (χ2n) is 5.42. The smallest absolute Gasteiger partial charge is 0.271 e. The molecule has 3 aromatic rings. The third-order valence-electron chi connectivity index (χ3n) is 3.57. The van der Waals surface area contributed by atoms with Gasteiger partial charge in [-0.1, -0.05) is 24.3 Å². The predicted octanol–water partition coefficient (Wildman–Crippen LogP) is 4.25. The zero-order valence-electron chi connectivity index (χ0n) is 14.3. The second-order valence-corrected chi connectivity index (χ2v) is 5.42. The third-order valence-corrected chi connectivity index (χ3v) is 3.57. The molecule has 3 rings (SSSR count). The van der Waals surface area contributed by atoms with Gasteiger partial charge in [0.05, 0.1) is 13.3 Å². The van der Waals surface area contributed by atoms with Crippen LogP contribution < -0.4 is 14.9 Å². The Morgan fingerprint density at radius 2 is 1.58 bits per heavy atom. The monoisotopic (exact) mass is 346 g/mol. The van der Waals surface area contributed by atoms with Crippen LogP contribution in [-0.2, 0) is 0 Å². The minimum atomic E-state index is -0.302. The zero-order valence-corrected chi connectivity index (χ0v) is 14.3. The molecule has 0 aliphatic rings. The fourth-order valence-corrected chi connectivity index (χ4v) is 2.24. The van der Waals surface area contributed by atoms with Crippen LogP contribution in [0.5, 0.6) is 17.2 Å². The van der Waals surface area contributed by atoms with Crippen LogP contribution in [0.15, 0.2) is 84.0 Å². The van der Waals surface area contributed by atoms with E-state index >= 15 is 0 Å². The molecule has 0 saturated carbocycles.